The Bertz CT molecular complexity index is 573. The Labute approximate surface area is 130 Å². The Morgan fingerprint density at radius 2 is 1.81 bits per heavy atom. The second-order valence-electron chi connectivity index (χ2n) is 6.21. The fourth-order valence-electron chi connectivity index (χ4n) is 2.27. The first kappa shape index (κ1) is 15.7. The molecule has 0 spiro atoms. The number of carbonyl (C=O) groups is 1. The molecular weight excluding hydrogens is 280 g/mol. The summed E-state index contributed by atoms with van der Waals surface area (Å²) >= 11 is 1.50. The molecule has 2 rings (SSSR count). The Kier molecular flexibility index (Phi) is 4.80. The summed E-state index contributed by atoms with van der Waals surface area (Å²) in [7, 11) is 0. The topological polar surface area (TPSA) is 55.1 Å². The van der Waals surface area contributed by atoms with Gasteiger partial charge in [-0.2, -0.15) is 0 Å². The first-order valence-corrected chi connectivity index (χ1v) is 7.92. The summed E-state index contributed by atoms with van der Waals surface area (Å²) < 4.78 is 0. The molecule has 0 aliphatic heterocycles. The van der Waals surface area contributed by atoms with Crippen LogP contribution in [-0.2, 0) is 4.79 Å². The van der Waals surface area contributed by atoms with Gasteiger partial charge in [-0.3, -0.25) is 4.79 Å². The van der Waals surface area contributed by atoms with E-state index in [9.17, 15) is 4.79 Å². The van der Waals surface area contributed by atoms with Gasteiger partial charge in [0, 0.05) is 4.88 Å². The molecule has 1 amide bonds. The second-order valence-corrected chi connectivity index (χ2v) is 7.19. The summed E-state index contributed by atoms with van der Waals surface area (Å²) in [5, 5.41) is 5.04. The number of nitrogens with two attached hydrogens (primary N) is 1. The van der Waals surface area contributed by atoms with Crippen LogP contribution in [0.2, 0.25) is 0 Å². The minimum atomic E-state index is -0.612. The van der Waals surface area contributed by atoms with Crippen LogP contribution in [0, 0.1) is 5.41 Å². The monoisotopic (exact) mass is 302 g/mol. The minimum absolute atomic E-state index is 0.0720. The maximum Gasteiger partial charge on any atom is 0.242 e. The highest BCUT2D eigenvalue weighted by atomic mass is 32.1. The van der Waals surface area contributed by atoms with Crippen LogP contribution in [0.25, 0.3) is 0 Å². The fraction of sp³-hybridized carbons (Fsp3) is 0.353. The predicted molar refractivity (Wildman–Crippen MR) is 88.0 cm³/mol. The highest BCUT2D eigenvalue weighted by Crippen LogP contribution is 2.33. The van der Waals surface area contributed by atoms with E-state index in [0.29, 0.717) is 0 Å². The van der Waals surface area contributed by atoms with Crippen LogP contribution in [0.15, 0.2) is 47.8 Å². The van der Waals surface area contributed by atoms with Gasteiger partial charge in [0.2, 0.25) is 5.91 Å². The standard InChI is InChI=1S/C17H22N2OS/c1-17(2,3)15(12-8-5-4-6-9-12)19-16(20)14(18)13-10-7-11-21-13/h4-11,14-15H,18H2,1-3H3,(H,19,20). The van der Waals surface area contributed by atoms with Crippen LogP contribution in [0.3, 0.4) is 0 Å². The van der Waals surface area contributed by atoms with Crippen LogP contribution in [0.5, 0.6) is 0 Å². The number of hydrogen-bond donors (Lipinski definition) is 2. The van der Waals surface area contributed by atoms with Crippen LogP contribution < -0.4 is 11.1 Å². The lowest BCUT2D eigenvalue weighted by molar-refractivity contribution is -0.124. The molecule has 2 aromatic rings. The maximum atomic E-state index is 12.4. The van der Waals surface area contributed by atoms with Crippen molar-refractivity contribution in [1.29, 1.82) is 0 Å². The van der Waals surface area contributed by atoms with E-state index in [-0.39, 0.29) is 17.4 Å². The number of rotatable bonds is 4. The van der Waals surface area contributed by atoms with Gasteiger partial charge in [0.25, 0.3) is 0 Å². The second kappa shape index (κ2) is 6.41. The molecule has 0 saturated heterocycles. The van der Waals surface area contributed by atoms with Crippen LogP contribution in [0.1, 0.15) is 43.3 Å². The lowest BCUT2D eigenvalue weighted by Crippen LogP contribution is -2.41. The number of carbonyl (C=O) groups excluding carboxylic acids is 1. The molecule has 0 aliphatic rings. The van der Waals surface area contributed by atoms with E-state index in [2.05, 4.69) is 26.1 Å². The van der Waals surface area contributed by atoms with Crippen molar-refractivity contribution < 1.29 is 4.79 Å². The molecule has 0 fully saturated rings. The van der Waals surface area contributed by atoms with E-state index in [1.165, 1.54) is 11.3 Å². The summed E-state index contributed by atoms with van der Waals surface area (Å²) in [6.07, 6.45) is 0. The number of thiophene rings is 1. The van der Waals surface area contributed by atoms with Gasteiger partial charge >= 0.3 is 0 Å². The van der Waals surface area contributed by atoms with Gasteiger partial charge in [0.1, 0.15) is 6.04 Å². The Balaban J connectivity index is 2.18. The lowest BCUT2D eigenvalue weighted by Gasteiger charge is -2.32. The molecule has 2 unspecified atom stereocenters. The zero-order chi connectivity index (χ0) is 15.5. The molecule has 1 aromatic carbocycles. The van der Waals surface area contributed by atoms with Crippen molar-refractivity contribution in [2.24, 2.45) is 11.1 Å². The summed E-state index contributed by atoms with van der Waals surface area (Å²) in [6.45, 7) is 6.34. The van der Waals surface area contributed by atoms with Gasteiger partial charge in [0.05, 0.1) is 6.04 Å². The zero-order valence-electron chi connectivity index (χ0n) is 12.7. The van der Waals surface area contributed by atoms with Crippen LogP contribution >= 0.6 is 11.3 Å². The van der Waals surface area contributed by atoms with E-state index in [1.54, 1.807) is 0 Å². The Morgan fingerprint density at radius 1 is 1.14 bits per heavy atom. The number of hydrogen-bond acceptors (Lipinski definition) is 3. The molecule has 3 N–H and O–H groups in total. The minimum Gasteiger partial charge on any atom is -0.347 e. The Morgan fingerprint density at radius 3 is 2.33 bits per heavy atom. The smallest absolute Gasteiger partial charge is 0.242 e. The molecular formula is C17H22N2OS. The van der Waals surface area contributed by atoms with Crippen molar-refractivity contribution in [3.63, 3.8) is 0 Å². The van der Waals surface area contributed by atoms with Gasteiger partial charge in [-0.15, -0.1) is 11.3 Å². The van der Waals surface area contributed by atoms with E-state index in [4.69, 9.17) is 5.73 Å². The van der Waals surface area contributed by atoms with Crippen LogP contribution in [-0.4, -0.2) is 5.91 Å². The highest BCUT2D eigenvalue weighted by molar-refractivity contribution is 7.10. The highest BCUT2D eigenvalue weighted by Gasteiger charge is 2.29. The largest absolute Gasteiger partial charge is 0.347 e. The van der Waals surface area contributed by atoms with Gasteiger partial charge in [0.15, 0.2) is 0 Å². The van der Waals surface area contributed by atoms with Crippen molar-refractivity contribution in [3.05, 3.63) is 58.3 Å². The number of benzene rings is 1. The van der Waals surface area contributed by atoms with Crippen molar-refractivity contribution in [3.8, 4) is 0 Å². The third-order valence-corrected chi connectivity index (χ3v) is 4.37. The van der Waals surface area contributed by atoms with Crippen LogP contribution in [0.4, 0.5) is 0 Å². The molecule has 0 radical (unpaired) electrons. The first-order valence-electron chi connectivity index (χ1n) is 7.04. The first-order chi connectivity index (χ1) is 9.89. The van der Waals surface area contributed by atoms with Gasteiger partial charge in [-0.1, -0.05) is 57.2 Å². The maximum absolute atomic E-state index is 12.4. The fourth-order valence-corrected chi connectivity index (χ4v) is 3.00. The van der Waals surface area contributed by atoms with Crippen molar-refractivity contribution in [1.82, 2.24) is 5.32 Å². The SMILES string of the molecule is CC(C)(C)C(NC(=O)C(N)c1cccs1)c1ccccc1. The van der Waals surface area contributed by atoms with E-state index in [0.717, 1.165) is 10.4 Å². The molecule has 1 heterocycles. The Hall–Kier alpha value is -1.65. The lowest BCUT2D eigenvalue weighted by atomic mass is 9.82. The third kappa shape index (κ3) is 3.93. The molecule has 0 saturated carbocycles. The third-order valence-electron chi connectivity index (χ3n) is 3.42. The average Bonchev–Trinajstić information content (AvgIpc) is 2.97. The van der Waals surface area contributed by atoms with Gasteiger partial charge < -0.3 is 11.1 Å². The summed E-state index contributed by atoms with van der Waals surface area (Å²) in [5.74, 6) is -0.138. The zero-order valence-corrected chi connectivity index (χ0v) is 13.5. The molecule has 3 nitrogen and oxygen atoms in total. The normalized spacial score (nSPS) is 14.5. The molecule has 4 heteroatoms. The molecule has 112 valence electrons. The molecule has 2 atom stereocenters. The van der Waals surface area contributed by atoms with Gasteiger partial charge in [-0.25, -0.2) is 0 Å². The molecule has 21 heavy (non-hydrogen) atoms. The molecule has 0 bridgehead atoms. The van der Waals surface area contributed by atoms with Crippen molar-refractivity contribution in [2.75, 3.05) is 0 Å². The van der Waals surface area contributed by atoms with E-state index in [1.807, 2.05) is 47.8 Å². The molecule has 1 aromatic heterocycles. The quantitative estimate of drug-likeness (QED) is 0.905. The number of nitrogens with one attached hydrogen (secondary N) is 1. The average molecular weight is 302 g/mol. The van der Waals surface area contributed by atoms with Gasteiger partial charge in [-0.05, 0) is 22.4 Å². The number of amides is 1. The summed E-state index contributed by atoms with van der Waals surface area (Å²) in [6, 6.07) is 13.1. The van der Waals surface area contributed by atoms with Crippen molar-refractivity contribution in [2.45, 2.75) is 32.9 Å². The summed E-state index contributed by atoms with van der Waals surface area (Å²) in [5.41, 5.74) is 7.05. The predicted octanol–water partition coefficient (Wildman–Crippen LogP) is 3.65. The van der Waals surface area contributed by atoms with Crippen molar-refractivity contribution >= 4 is 17.2 Å². The van der Waals surface area contributed by atoms with E-state index >= 15 is 0 Å². The molecule has 0 aliphatic carbocycles. The summed E-state index contributed by atoms with van der Waals surface area (Å²) in [4.78, 5) is 13.3. The van der Waals surface area contributed by atoms with E-state index < -0.39 is 6.04 Å².